The number of alkyl halides is 3. The summed E-state index contributed by atoms with van der Waals surface area (Å²) in [7, 11) is 1.42. The molecule has 1 aliphatic heterocycles. The smallest absolute Gasteiger partial charge is 0.437 e. The molecule has 0 bridgehead atoms. The van der Waals surface area contributed by atoms with Crippen molar-refractivity contribution < 1.29 is 32.6 Å². The molecule has 1 saturated heterocycles. The van der Waals surface area contributed by atoms with E-state index in [1.54, 1.807) is 0 Å². The van der Waals surface area contributed by atoms with Crippen molar-refractivity contribution in [3.8, 4) is 5.75 Å². The fourth-order valence-corrected chi connectivity index (χ4v) is 3.12. The molecule has 10 heteroatoms. The minimum absolute atomic E-state index is 0.133. The van der Waals surface area contributed by atoms with Crippen molar-refractivity contribution in [3.63, 3.8) is 0 Å². The number of rotatable bonds is 4. The molecule has 0 unspecified atom stereocenters. The lowest BCUT2D eigenvalue weighted by molar-refractivity contribution is -0.287. The Morgan fingerprint density at radius 1 is 1.25 bits per heavy atom. The van der Waals surface area contributed by atoms with Crippen LogP contribution in [0.4, 0.5) is 18.0 Å². The molecule has 7 nitrogen and oxygen atoms in total. The highest BCUT2D eigenvalue weighted by Crippen LogP contribution is 2.44. The average Bonchev–Trinajstić information content (AvgIpc) is 2.67. The molecule has 0 saturated carbocycles. The molecule has 3 rings (SSSR count). The first kappa shape index (κ1) is 19.6. The number of halogens is 3. The van der Waals surface area contributed by atoms with Gasteiger partial charge in [-0.05, 0) is 29.8 Å². The van der Waals surface area contributed by atoms with Crippen LogP contribution in [-0.4, -0.2) is 40.9 Å². The maximum absolute atomic E-state index is 13.8. The molecule has 0 radical (unpaired) electrons. The Morgan fingerprint density at radius 2 is 1.93 bits per heavy atom. The van der Waals surface area contributed by atoms with Gasteiger partial charge in [-0.15, -0.1) is 0 Å². The number of hydrogen-bond acceptors (Lipinski definition) is 5. The lowest BCUT2D eigenvalue weighted by atomic mass is 9.77. The molecule has 28 heavy (non-hydrogen) atoms. The highest BCUT2D eigenvalue weighted by Gasteiger charge is 2.66. The molecule has 1 aromatic heterocycles. The molecular formula is C18H16F3N3O4. The Kier molecular flexibility index (Phi) is 4.99. The number of urea groups is 1. The lowest BCUT2D eigenvalue weighted by Gasteiger charge is -2.45. The van der Waals surface area contributed by atoms with Gasteiger partial charge in [-0.25, -0.2) is 4.79 Å². The molecule has 0 aliphatic carbocycles. The number of Topliss-reactive ketones (excluding diaryl/α,β-unsaturated/α-hetero) is 1. The van der Waals surface area contributed by atoms with Crippen molar-refractivity contribution in [1.82, 2.24) is 15.6 Å². The summed E-state index contributed by atoms with van der Waals surface area (Å²) in [5.41, 5.74) is -3.71. The number of aliphatic hydroxyl groups is 1. The summed E-state index contributed by atoms with van der Waals surface area (Å²) in [4.78, 5) is 28.6. The summed E-state index contributed by atoms with van der Waals surface area (Å²) in [5.74, 6) is -2.69. The maximum Gasteiger partial charge on any atom is 0.437 e. The summed E-state index contributed by atoms with van der Waals surface area (Å²) < 4.78 is 46.3. The highest BCUT2D eigenvalue weighted by atomic mass is 19.4. The van der Waals surface area contributed by atoms with E-state index in [-0.39, 0.29) is 11.1 Å². The molecule has 1 fully saturated rings. The Morgan fingerprint density at radius 3 is 2.46 bits per heavy atom. The van der Waals surface area contributed by atoms with Crippen LogP contribution in [0.5, 0.6) is 5.75 Å². The van der Waals surface area contributed by atoms with Gasteiger partial charge in [-0.1, -0.05) is 12.1 Å². The number of ketones is 1. The first-order chi connectivity index (χ1) is 13.2. The average molecular weight is 395 g/mol. The monoisotopic (exact) mass is 395 g/mol. The van der Waals surface area contributed by atoms with Crippen molar-refractivity contribution >= 4 is 11.8 Å². The molecule has 2 heterocycles. The fourth-order valence-electron chi connectivity index (χ4n) is 3.12. The number of carbonyl (C=O) groups excluding carboxylic acids is 2. The molecule has 3 atom stereocenters. The van der Waals surface area contributed by atoms with Crippen LogP contribution in [0.25, 0.3) is 0 Å². The summed E-state index contributed by atoms with van der Waals surface area (Å²) in [6.07, 6.45) is -2.85. The number of hydrogen-bond donors (Lipinski definition) is 3. The van der Waals surface area contributed by atoms with E-state index in [0.29, 0.717) is 5.75 Å². The zero-order chi connectivity index (χ0) is 20.5. The van der Waals surface area contributed by atoms with Crippen LogP contribution in [-0.2, 0) is 0 Å². The summed E-state index contributed by atoms with van der Waals surface area (Å²) in [5, 5.41) is 14.2. The Labute approximate surface area is 157 Å². The number of amides is 2. The first-order valence-corrected chi connectivity index (χ1v) is 8.13. The van der Waals surface area contributed by atoms with Gasteiger partial charge in [0, 0.05) is 18.0 Å². The third-order valence-corrected chi connectivity index (χ3v) is 4.51. The predicted molar refractivity (Wildman–Crippen MR) is 90.5 cm³/mol. The van der Waals surface area contributed by atoms with Gasteiger partial charge in [0.05, 0.1) is 13.2 Å². The second-order valence-corrected chi connectivity index (χ2v) is 6.20. The highest BCUT2D eigenvalue weighted by molar-refractivity contribution is 6.00. The van der Waals surface area contributed by atoms with Gasteiger partial charge in [0.15, 0.2) is 5.78 Å². The molecule has 0 spiro atoms. The Hall–Kier alpha value is -3.14. The minimum atomic E-state index is -5.31. The topological polar surface area (TPSA) is 101 Å². The number of nitrogens with one attached hydrogen (secondary N) is 2. The third-order valence-electron chi connectivity index (χ3n) is 4.51. The lowest BCUT2D eigenvalue weighted by Crippen LogP contribution is -2.72. The molecule has 3 N–H and O–H groups in total. The van der Waals surface area contributed by atoms with Gasteiger partial charge < -0.3 is 20.5 Å². The van der Waals surface area contributed by atoms with Crippen molar-refractivity contribution in [2.24, 2.45) is 5.92 Å². The number of methoxy groups -OCH3 is 1. The molecule has 2 amide bonds. The van der Waals surface area contributed by atoms with Gasteiger partial charge in [0.25, 0.3) is 0 Å². The molecule has 1 aromatic carbocycles. The third kappa shape index (κ3) is 3.38. The number of pyridine rings is 1. The van der Waals surface area contributed by atoms with E-state index in [4.69, 9.17) is 4.74 Å². The standard InChI is InChI=1S/C18H16F3N3O4/c1-28-12-6-4-10(5-7-12)14-13(15(25)11-3-2-8-22-9-11)17(27,18(19,20)21)24-16(26)23-14/h2-9,13-14,27H,1H3,(H2,23,24,26)/t13-,14+,17+/m1/s1. The van der Waals surface area contributed by atoms with Crippen LogP contribution >= 0.6 is 0 Å². The van der Waals surface area contributed by atoms with Crippen LogP contribution < -0.4 is 15.4 Å². The number of aromatic nitrogens is 1. The van der Waals surface area contributed by atoms with Crippen molar-refractivity contribution in [1.29, 1.82) is 0 Å². The number of carbonyl (C=O) groups is 2. The van der Waals surface area contributed by atoms with Gasteiger partial charge in [-0.3, -0.25) is 9.78 Å². The van der Waals surface area contributed by atoms with E-state index >= 15 is 0 Å². The SMILES string of the molecule is COc1ccc([C@@H]2NC(=O)N[C@@](O)(C(F)(F)F)[C@H]2C(=O)c2cccnc2)cc1. The zero-order valence-corrected chi connectivity index (χ0v) is 14.5. The van der Waals surface area contributed by atoms with E-state index in [1.807, 2.05) is 0 Å². The van der Waals surface area contributed by atoms with Gasteiger partial charge in [0.2, 0.25) is 5.72 Å². The molecule has 2 aromatic rings. The second-order valence-electron chi connectivity index (χ2n) is 6.20. The molecular weight excluding hydrogens is 379 g/mol. The van der Waals surface area contributed by atoms with Crippen LogP contribution in [0.3, 0.4) is 0 Å². The molecule has 1 aliphatic rings. The van der Waals surface area contributed by atoms with E-state index < -0.39 is 35.7 Å². The number of ether oxygens (including phenoxy) is 1. The van der Waals surface area contributed by atoms with Crippen molar-refractivity contribution in [2.75, 3.05) is 7.11 Å². The largest absolute Gasteiger partial charge is 0.497 e. The van der Waals surface area contributed by atoms with E-state index in [2.05, 4.69) is 10.3 Å². The van der Waals surface area contributed by atoms with E-state index in [0.717, 1.165) is 6.20 Å². The minimum Gasteiger partial charge on any atom is -0.497 e. The quantitative estimate of drug-likeness (QED) is 0.689. The van der Waals surface area contributed by atoms with Crippen LogP contribution in [0.15, 0.2) is 48.8 Å². The Bertz CT molecular complexity index is 874. The summed E-state index contributed by atoms with van der Waals surface area (Å²) >= 11 is 0. The van der Waals surface area contributed by atoms with Crippen molar-refractivity contribution in [2.45, 2.75) is 17.9 Å². The number of nitrogens with zero attached hydrogens (tertiary/aromatic N) is 1. The van der Waals surface area contributed by atoms with Crippen LogP contribution in [0.1, 0.15) is 22.0 Å². The fraction of sp³-hybridized carbons (Fsp3) is 0.278. The predicted octanol–water partition coefficient (Wildman–Crippen LogP) is 2.19. The van der Waals surface area contributed by atoms with Gasteiger partial charge in [0.1, 0.15) is 11.7 Å². The summed E-state index contributed by atoms with van der Waals surface area (Å²) in [6, 6.07) is 5.74. The van der Waals surface area contributed by atoms with Gasteiger partial charge in [-0.2, -0.15) is 13.2 Å². The van der Waals surface area contributed by atoms with Crippen molar-refractivity contribution in [3.05, 3.63) is 59.9 Å². The van der Waals surface area contributed by atoms with E-state index in [1.165, 1.54) is 55.0 Å². The normalized spacial score (nSPS) is 24.8. The molecule has 148 valence electrons. The van der Waals surface area contributed by atoms with Crippen LogP contribution in [0.2, 0.25) is 0 Å². The second kappa shape index (κ2) is 7.12. The number of benzene rings is 1. The maximum atomic E-state index is 13.8. The van der Waals surface area contributed by atoms with Crippen LogP contribution in [0, 0.1) is 5.92 Å². The van der Waals surface area contributed by atoms with E-state index in [9.17, 15) is 27.9 Å². The van der Waals surface area contributed by atoms with Gasteiger partial charge >= 0.3 is 12.2 Å². The summed E-state index contributed by atoms with van der Waals surface area (Å²) in [6.45, 7) is 0. The zero-order valence-electron chi connectivity index (χ0n) is 14.5. The first-order valence-electron chi connectivity index (χ1n) is 8.13. The Balaban J connectivity index is 2.13.